The van der Waals surface area contributed by atoms with Crippen LogP contribution in [0.4, 0.5) is 5.69 Å². The van der Waals surface area contributed by atoms with E-state index in [1.807, 2.05) is 32.0 Å². The number of aryl methyl sites for hydroxylation is 4. The van der Waals surface area contributed by atoms with Crippen molar-refractivity contribution in [2.45, 2.75) is 46.1 Å². The Kier molecular flexibility index (Phi) is 6.34. The molecule has 9 heteroatoms. The third kappa shape index (κ3) is 4.33. The molecule has 0 aliphatic heterocycles. The Morgan fingerprint density at radius 2 is 1.77 bits per heavy atom. The van der Waals surface area contributed by atoms with Crippen LogP contribution in [0, 0.1) is 13.8 Å². The number of hydrogen-bond acceptors (Lipinski definition) is 4. The molecule has 2 aromatic carbocycles. The second kappa shape index (κ2) is 9.30. The van der Waals surface area contributed by atoms with Gasteiger partial charge >= 0.3 is 5.69 Å². The molecule has 1 N–H and O–H groups in total. The Morgan fingerprint density at radius 3 is 2.51 bits per heavy atom. The average Bonchev–Trinajstić information content (AvgIpc) is 3.21. The molecular formula is C26H23Cl2N3O3S. The Bertz CT molecular complexity index is 1620. The summed E-state index contributed by atoms with van der Waals surface area (Å²) in [6.45, 7) is 3.76. The molecule has 0 unspecified atom stereocenters. The first-order valence-electron chi connectivity index (χ1n) is 11.4. The predicted octanol–water partition coefficient (Wildman–Crippen LogP) is 5.66. The zero-order chi connectivity index (χ0) is 24.9. The highest BCUT2D eigenvalue weighted by Crippen LogP contribution is 2.34. The summed E-state index contributed by atoms with van der Waals surface area (Å²) in [5.74, 6) is -0.345. The van der Waals surface area contributed by atoms with Crippen LogP contribution in [0.2, 0.25) is 10.0 Å². The molecule has 1 aliphatic rings. The highest BCUT2D eigenvalue weighted by atomic mass is 35.5. The van der Waals surface area contributed by atoms with E-state index in [0.29, 0.717) is 26.6 Å². The number of carbonyl (C=O) groups excluding carboxylic acids is 1. The first-order chi connectivity index (χ1) is 16.7. The van der Waals surface area contributed by atoms with Crippen LogP contribution in [-0.4, -0.2) is 15.0 Å². The molecule has 1 aliphatic carbocycles. The van der Waals surface area contributed by atoms with Gasteiger partial charge in [-0.1, -0.05) is 29.3 Å². The zero-order valence-electron chi connectivity index (χ0n) is 19.3. The Labute approximate surface area is 215 Å². The van der Waals surface area contributed by atoms with Crippen molar-refractivity contribution in [3.05, 3.63) is 88.8 Å². The number of anilines is 1. The maximum absolute atomic E-state index is 13.7. The number of carbonyl (C=O) groups is 1. The molecule has 1 amide bonds. The fourth-order valence-corrected chi connectivity index (χ4v) is 6.19. The third-order valence-corrected chi connectivity index (χ3v) is 8.54. The van der Waals surface area contributed by atoms with E-state index in [9.17, 15) is 14.4 Å². The molecule has 0 fully saturated rings. The number of amides is 1. The van der Waals surface area contributed by atoms with Gasteiger partial charge in [0.1, 0.15) is 11.4 Å². The molecule has 5 rings (SSSR count). The highest BCUT2D eigenvalue weighted by molar-refractivity contribution is 7.18. The number of aromatic nitrogens is 2. The second-order valence-electron chi connectivity index (χ2n) is 8.85. The molecule has 0 radical (unpaired) electrons. The number of hydrogen-bond donors (Lipinski definition) is 1. The van der Waals surface area contributed by atoms with Gasteiger partial charge in [-0.25, -0.2) is 9.36 Å². The topological polar surface area (TPSA) is 73.1 Å². The molecule has 0 saturated heterocycles. The van der Waals surface area contributed by atoms with Crippen molar-refractivity contribution in [2.75, 3.05) is 5.32 Å². The Hall–Kier alpha value is -2.87. The minimum Gasteiger partial charge on any atom is -0.325 e. The van der Waals surface area contributed by atoms with Crippen molar-refractivity contribution in [1.29, 1.82) is 0 Å². The van der Waals surface area contributed by atoms with Gasteiger partial charge in [-0.3, -0.25) is 14.2 Å². The van der Waals surface area contributed by atoms with Gasteiger partial charge in [0.15, 0.2) is 0 Å². The molecular weight excluding hydrogens is 505 g/mol. The minimum atomic E-state index is -0.588. The fraction of sp³-hybridized carbons (Fsp3) is 0.269. The van der Waals surface area contributed by atoms with E-state index >= 15 is 0 Å². The maximum atomic E-state index is 13.7. The summed E-state index contributed by atoms with van der Waals surface area (Å²) in [6.07, 6.45) is 3.67. The van der Waals surface area contributed by atoms with Crippen LogP contribution in [0.3, 0.4) is 0 Å². The highest BCUT2D eigenvalue weighted by Gasteiger charge is 2.25. The molecule has 2 aromatic heterocycles. The monoisotopic (exact) mass is 527 g/mol. The number of nitrogens with one attached hydrogen (secondary N) is 1. The van der Waals surface area contributed by atoms with Crippen molar-refractivity contribution >= 4 is 56.3 Å². The van der Waals surface area contributed by atoms with Crippen LogP contribution in [-0.2, 0) is 24.2 Å². The number of halogens is 2. The lowest BCUT2D eigenvalue weighted by Crippen LogP contribution is -2.40. The van der Waals surface area contributed by atoms with Crippen molar-refractivity contribution < 1.29 is 4.79 Å². The van der Waals surface area contributed by atoms with Crippen molar-refractivity contribution in [2.24, 2.45) is 0 Å². The lowest BCUT2D eigenvalue weighted by atomic mass is 9.97. The number of fused-ring (bicyclic) bond motifs is 3. The molecule has 0 spiro atoms. The molecule has 35 heavy (non-hydrogen) atoms. The van der Waals surface area contributed by atoms with Crippen LogP contribution < -0.4 is 16.6 Å². The van der Waals surface area contributed by atoms with E-state index in [1.54, 1.807) is 12.1 Å². The summed E-state index contributed by atoms with van der Waals surface area (Å²) in [4.78, 5) is 42.0. The van der Waals surface area contributed by atoms with Gasteiger partial charge in [-0.15, -0.1) is 11.3 Å². The van der Waals surface area contributed by atoms with Crippen molar-refractivity contribution in [3.8, 4) is 5.69 Å². The van der Waals surface area contributed by atoms with Gasteiger partial charge in [0.05, 0.1) is 21.1 Å². The summed E-state index contributed by atoms with van der Waals surface area (Å²) in [5, 5.41) is 3.95. The van der Waals surface area contributed by atoms with Crippen LogP contribution >= 0.6 is 34.5 Å². The number of thiophene rings is 1. The fourth-order valence-electron chi connectivity index (χ4n) is 4.52. The molecule has 6 nitrogen and oxygen atoms in total. The first kappa shape index (κ1) is 23.9. The molecule has 0 atom stereocenters. The van der Waals surface area contributed by atoms with Crippen LogP contribution in [0.15, 0.2) is 46.0 Å². The van der Waals surface area contributed by atoms with E-state index in [2.05, 4.69) is 5.32 Å². The van der Waals surface area contributed by atoms with E-state index < -0.39 is 11.2 Å². The van der Waals surface area contributed by atoms with Gasteiger partial charge < -0.3 is 5.32 Å². The van der Waals surface area contributed by atoms with Crippen LogP contribution in [0.25, 0.3) is 15.9 Å². The van der Waals surface area contributed by atoms with Gasteiger partial charge in [0, 0.05) is 10.6 Å². The summed E-state index contributed by atoms with van der Waals surface area (Å²) >= 11 is 13.7. The summed E-state index contributed by atoms with van der Waals surface area (Å²) in [7, 11) is 0. The minimum absolute atomic E-state index is 0.219. The van der Waals surface area contributed by atoms with Crippen LogP contribution in [0.1, 0.15) is 34.4 Å². The van der Waals surface area contributed by atoms with Crippen molar-refractivity contribution in [1.82, 2.24) is 9.13 Å². The lowest BCUT2D eigenvalue weighted by Gasteiger charge is -2.14. The molecule has 2 heterocycles. The summed E-state index contributed by atoms with van der Waals surface area (Å²) < 4.78 is 2.49. The van der Waals surface area contributed by atoms with Gasteiger partial charge in [-0.05, 0) is 86.6 Å². The number of benzene rings is 2. The van der Waals surface area contributed by atoms with E-state index in [-0.39, 0.29) is 17.5 Å². The molecule has 0 saturated carbocycles. The molecule has 4 aromatic rings. The number of nitrogens with zero attached hydrogens (tertiary/aromatic N) is 2. The van der Waals surface area contributed by atoms with Gasteiger partial charge in [0.25, 0.3) is 5.56 Å². The first-order valence-corrected chi connectivity index (χ1v) is 12.9. The van der Waals surface area contributed by atoms with Gasteiger partial charge in [0.2, 0.25) is 5.91 Å². The Balaban J connectivity index is 1.67. The third-order valence-electron chi connectivity index (χ3n) is 6.49. The van der Waals surface area contributed by atoms with Crippen molar-refractivity contribution in [3.63, 3.8) is 0 Å². The normalized spacial score (nSPS) is 13.1. The van der Waals surface area contributed by atoms with E-state index in [4.69, 9.17) is 23.2 Å². The standard InChI is InChI=1S/C26H23Cl2N3O3S/c1-14-7-8-16(11-15(14)2)29-22(32)13-30-25-23(18-5-3-4-6-21(18)35-25)24(33)31(26(30)34)17-9-10-19(27)20(28)12-17/h7-12H,3-6,13H2,1-2H3,(H,29,32). The Morgan fingerprint density at radius 1 is 1.00 bits per heavy atom. The average molecular weight is 528 g/mol. The van der Waals surface area contributed by atoms with Crippen LogP contribution in [0.5, 0.6) is 0 Å². The largest absolute Gasteiger partial charge is 0.337 e. The SMILES string of the molecule is Cc1ccc(NC(=O)Cn2c(=O)n(-c3ccc(Cl)c(Cl)c3)c(=O)c3c4c(sc32)CCCC4)cc1C. The van der Waals surface area contributed by atoms with E-state index in [1.165, 1.54) is 22.0 Å². The van der Waals surface area contributed by atoms with E-state index in [0.717, 1.165) is 51.8 Å². The molecule has 180 valence electrons. The zero-order valence-corrected chi connectivity index (χ0v) is 21.6. The predicted molar refractivity (Wildman–Crippen MR) is 143 cm³/mol. The number of rotatable bonds is 4. The molecule has 0 bridgehead atoms. The maximum Gasteiger partial charge on any atom is 0.337 e. The summed E-state index contributed by atoms with van der Waals surface area (Å²) in [5.41, 5.74) is 3.16. The summed E-state index contributed by atoms with van der Waals surface area (Å²) in [6, 6.07) is 10.3. The van der Waals surface area contributed by atoms with Gasteiger partial charge in [-0.2, -0.15) is 0 Å². The lowest BCUT2D eigenvalue weighted by molar-refractivity contribution is -0.116. The smallest absolute Gasteiger partial charge is 0.325 e. The second-order valence-corrected chi connectivity index (χ2v) is 10.7. The quantitative estimate of drug-likeness (QED) is 0.372.